The first-order chi connectivity index (χ1) is 7.88. The highest BCUT2D eigenvalue weighted by molar-refractivity contribution is 7.90. The molecule has 0 aliphatic carbocycles. The number of carbonyl (C=O) groups excluding carboxylic acids is 1. The summed E-state index contributed by atoms with van der Waals surface area (Å²) < 4.78 is 34.7. The molecule has 0 fully saturated rings. The fraction of sp³-hybridized carbons (Fsp3) is 0.300. The molecule has 0 heterocycles. The maximum Gasteiger partial charge on any atom is 0.319 e. The van der Waals surface area contributed by atoms with Crippen LogP contribution in [0.1, 0.15) is 0 Å². The summed E-state index contributed by atoms with van der Waals surface area (Å²) in [4.78, 5) is 11.3. The molecule has 0 aliphatic rings. The summed E-state index contributed by atoms with van der Waals surface area (Å²) in [6, 6.07) is 5.06. The van der Waals surface area contributed by atoms with Gasteiger partial charge in [-0.15, -0.1) is 0 Å². The number of urea groups is 1. The van der Waals surface area contributed by atoms with E-state index in [0.717, 1.165) is 6.26 Å². The van der Waals surface area contributed by atoms with Crippen molar-refractivity contribution >= 4 is 21.6 Å². The van der Waals surface area contributed by atoms with Crippen LogP contribution >= 0.6 is 0 Å². The standard InChI is InChI=1S/C10H13FN2O3S/c1-17(15,16)7-6-12-10(14)13-9-5-3-2-4-8(9)11/h2-5H,6-7H2,1H3,(H2,12,13,14). The molecule has 0 saturated heterocycles. The molecule has 5 nitrogen and oxygen atoms in total. The number of carbonyl (C=O) groups is 1. The third kappa shape index (κ3) is 5.30. The molecule has 2 N–H and O–H groups in total. The fourth-order valence-corrected chi connectivity index (χ4v) is 1.55. The van der Waals surface area contributed by atoms with Crippen LogP contribution in [0.5, 0.6) is 0 Å². The number of hydrogen-bond donors (Lipinski definition) is 2. The van der Waals surface area contributed by atoms with Gasteiger partial charge >= 0.3 is 6.03 Å². The monoisotopic (exact) mass is 260 g/mol. The SMILES string of the molecule is CS(=O)(=O)CCNC(=O)Nc1ccccc1F. The van der Waals surface area contributed by atoms with Gasteiger partial charge in [0.05, 0.1) is 11.4 Å². The Hall–Kier alpha value is -1.63. The molecule has 0 unspecified atom stereocenters. The van der Waals surface area contributed by atoms with Crippen molar-refractivity contribution in [2.45, 2.75) is 0 Å². The second-order valence-electron chi connectivity index (χ2n) is 3.49. The van der Waals surface area contributed by atoms with Crippen molar-refractivity contribution in [1.82, 2.24) is 5.32 Å². The number of sulfone groups is 1. The Kier molecular flexibility index (Phi) is 4.45. The molecule has 0 aromatic heterocycles. The largest absolute Gasteiger partial charge is 0.337 e. The molecule has 94 valence electrons. The van der Waals surface area contributed by atoms with Crippen molar-refractivity contribution in [3.05, 3.63) is 30.1 Å². The average molecular weight is 260 g/mol. The Morgan fingerprint density at radius 3 is 2.59 bits per heavy atom. The van der Waals surface area contributed by atoms with Crippen LogP contribution in [0.15, 0.2) is 24.3 Å². The summed E-state index contributed by atoms with van der Waals surface area (Å²) in [5.74, 6) is -0.705. The summed E-state index contributed by atoms with van der Waals surface area (Å²) in [6.07, 6.45) is 1.07. The van der Waals surface area contributed by atoms with Gasteiger partial charge in [0.2, 0.25) is 0 Å². The predicted molar refractivity (Wildman–Crippen MR) is 63.1 cm³/mol. The highest BCUT2D eigenvalue weighted by Gasteiger charge is 2.07. The Balaban J connectivity index is 2.43. The Labute approximate surface area is 98.9 Å². The molecule has 0 bridgehead atoms. The molecular formula is C10H13FN2O3S. The van der Waals surface area contributed by atoms with E-state index in [2.05, 4.69) is 10.6 Å². The van der Waals surface area contributed by atoms with E-state index in [4.69, 9.17) is 0 Å². The van der Waals surface area contributed by atoms with Crippen molar-refractivity contribution in [2.75, 3.05) is 23.9 Å². The van der Waals surface area contributed by atoms with Crippen LogP contribution in [0.4, 0.5) is 14.9 Å². The molecule has 0 radical (unpaired) electrons. The molecule has 7 heteroatoms. The minimum atomic E-state index is -3.12. The first-order valence-electron chi connectivity index (χ1n) is 4.85. The van der Waals surface area contributed by atoms with Crippen LogP contribution in [0.25, 0.3) is 0 Å². The Morgan fingerprint density at radius 2 is 2.00 bits per heavy atom. The van der Waals surface area contributed by atoms with Crippen molar-refractivity contribution in [3.8, 4) is 0 Å². The number of benzene rings is 1. The highest BCUT2D eigenvalue weighted by atomic mass is 32.2. The second kappa shape index (κ2) is 5.62. The average Bonchev–Trinajstić information content (AvgIpc) is 2.19. The van der Waals surface area contributed by atoms with E-state index in [1.165, 1.54) is 18.2 Å². The topological polar surface area (TPSA) is 75.3 Å². The molecule has 0 spiro atoms. The molecule has 1 aromatic rings. The van der Waals surface area contributed by atoms with Gasteiger partial charge in [-0.25, -0.2) is 17.6 Å². The maximum absolute atomic E-state index is 13.1. The first-order valence-corrected chi connectivity index (χ1v) is 6.91. The van der Waals surface area contributed by atoms with Crippen molar-refractivity contribution < 1.29 is 17.6 Å². The smallest absolute Gasteiger partial charge is 0.319 e. The van der Waals surface area contributed by atoms with Gasteiger partial charge in [0.25, 0.3) is 0 Å². The van der Waals surface area contributed by atoms with E-state index in [1.807, 2.05) is 0 Å². The lowest BCUT2D eigenvalue weighted by molar-refractivity contribution is 0.252. The lowest BCUT2D eigenvalue weighted by Crippen LogP contribution is -2.32. The summed E-state index contributed by atoms with van der Waals surface area (Å²) >= 11 is 0. The van der Waals surface area contributed by atoms with Gasteiger partial charge in [-0.1, -0.05) is 12.1 Å². The molecule has 0 aliphatic heterocycles. The summed E-state index contributed by atoms with van der Waals surface area (Å²) in [5, 5.41) is 4.60. The number of hydrogen-bond acceptors (Lipinski definition) is 3. The molecule has 1 rings (SSSR count). The molecule has 2 amide bonds. The van der Waals surface area contributed by atoms with Gasteiger partial charge < -0.3 is 10.6 Å². The van der Waals surface area contributed by atoms with Crippen LogP contribution in [-0.2, 0) is 9.84 Å². The zero-order chi connectivity index (χ0) is 12.9. The van der Waals surface area contributed by atoms with Crippen LogP contribution in [-0.4, -0.2) is 33.0 Å². The number of nitrogens with one attached hydrogen (secondary N) is 2. The maximum atomic E-state index is 13.1. The minimum absolute atomic E-state index is 0.0148. The van der Waals surface area contributed by atoms with E-state index in [-0.39, 0.29) is 18.0 Å². The van der Waals surface area contributed by atoms with Crippen LogP contribution in [0.3, 0.4) is 0 Å². The van der Waals surface area contributed by atoms with E-state index in [9.17, 15) is 17.6 Å². The van der Waals surface area contributed by atoms with Gasteiger partial charge in [0.1, 0.15) is 15.7 Å². The number of para-hydroxylation sites is 1. The number of rotatable bonds is 4. The van der Waals surface area contributed by atoms with Gasteiger partial charge in [-0.05, 0) is 12.1 Å². The quantitative estimate of drug-likeness (QED) is 0.847. The highest BCUT2D eigenvalue weighted by Crippen LogP contribution is 2.11. The fourth-order valence-electron chi connectivity index (χ4n) is 1.08. The molecular weight excluding hydrogens is 247 g/mol. The minimum Gasteiger partial charge on any atom is -0.337 e. The lowest BCUT2D eigenvalue weighted by atomic mass is 10.3. The van der Waals surface area contributed by atoms with Gasteiger partial charge in [-0.2, -0.15) is 0 Å². The third-order valence-electron chi connectivity index (χ3n) is 1.88. The Morgan fingerprint density at radius 1 is 1.35 bits per heavy atom. The van der Waals surface area contributed by atoms with Gasteiger partial charge in [-0.3, -0.25) is 0 Å². The van der Waals surface area contributed by atoms with Crippen molar-refractivity contribution in [2.24, 2.45) is 0 Å². The zero-order valence-electron chi connectivity index (χ0n) is 9.23. The summed E-state index contributed by atoms with van der Waals surface area (Å²) in [6.45, 7) is -0.0148. The van der Waals surface area contributed by atoms with E-state index < -0.39 is 21.7 Å². The van der Waals surface area contributed by atoms with Crippen LogP contribution < -0.4 is 10.6 Å². The van der Waals surface area contributed by atoms with Crippen molar-refractivity contribution in [3.63, 3.8) is 0 Å². The number of halogens is 1. The molecule has 1 aromatic carbocycles. The summed E-state index contributed by atoms with van der Waals surface area (Å²) in [7, 11) is -3.12. The van der Waals surface area contributed by atoms with E-state index in [1.54, 1.807) is 6.07 Å². The predicted octanol–water partition coefficient (Wildman–Crippen LogP) is 0.992. The molecule has 0 atom stereocenters. The molecule has 0 saturated carbocycles. The number of anilines is 1. The van der Waals surface area contributed by atoms with Crippen molar-refractivity contribution in [1.29, 1.82) is 0 Å². The normalized spacial score (nSPS) is 10.9. The lowest BCUT2D eigenvalue weighted by Gasteiger charge is -2.07. The van der Waals surface area contributed by atoms with E-state index >= 15 is 0 Å². The summed E-state index contributed by atoms with van der Waals surface area (Å²) in [5.41, 5.74) is 0.0457. The molecule has 17 heavy (non-hydrogen) atoms. The van der Waals surface area contributed by atoms with Crippen LogP contribution in [0.2, 0.25) is 0 Å². The first kappa shape index (κ1) is 13.4. The van der Waals surface area contributed by atoms with E-state index in [0.29, 0.717) is 0 Å². The zero-order valence-corrected chi connectivity index (χ0v) is 10.1. The van der Waals surface area contributed by atoms with Crippen LogP contribution in [0, 0.1) is 5.82 Å². The second-order valence-corrected chi connectivity index (χ2v) is 5.75. The Bertz CT molecular complexity index is 502. The van der Waals surface area contributed by atoms with Gasteiger partial charge in [0, 0.05) is 12.8 Å². The number of amides is 2. The third-order valence-corrected chi connectivity index (χ3v) is 2.83. The van der Waals surface area contributed by atoms with Gasteiger partial charge in [0.15, 0.2) is 0 Å².